The monoisotopic (exact) mass is 359 g/mol. The number of terminal acetylenes is 1. The number of carbonyl (C=O) groups excluding carboxylic acids is 1. The van der Waals surface area contributed by atoms with Crippen LogP contribution in [-0.4, -0.2) is 22.5 Å². The second-order valence-corrected chi connectivity index (χ2v) is 5.22. The molecule has 5 nitrogen and oxygen atoms in total. The molecule has 0 saturated heterocycles. The number of hydrogen-bond acceptors (Lipinski definition) is 4. The average molecular weight is 360 g/mol. The first kappa shape index (κ1) is 16.0. The Morgan fingerprint density at radius 3 is 2.73 bits per heavy atom. The van der Waals surface area contributed by atoms with Crippen LogP contribution in [0.2, 0.25) is 0 Å². The van der Waals surface area contributed by atoms with E-state index in [9.17, 15) is 4.79 Å². The average Bonchev–Trinajstić information content (AvgIpc) is 2.51. The molecule has 0 radical (unpaired) electrons. The summed E-state index contributed by atoms with van der Waals surface area (Å²) in [6.45, 7) is 0.279. The summed E-state index contributed by atoms with van der Waals surface area (Å²) in [4.78, 5) is 21.9. The van der Waals surface area contributed by atoms with Gasteiger partial charge in [-0.15, -0.1) is 6.42 Å². The molecule has 0 unspecified atom stereocenters. The third-order valence-corrected chi connectivity index (χ3v) is 3.16. The summed E-state index contributed by atoms with van der Waals surface area (Å²) in [6.07, 6.45) is 5.30. The minimum absolute atomic E-state index is 0.0332. The van der Waals surface area contributed by atoms with Crippen molar-refractivity contribution >= 4 is 27.7 Å². The molecule has 0 spiro atoms. The first-order chi connectivity index (χ1) is 10.6. The highest BCUT2D eigenvalue weighted by Crippen LogP contribution is 2.15. The fourth-order valence-corrected chi connectivity index (χ4v) is 2.22. The van der Waals surface area contributed by atoms with Crippen molar-refractivity contribution in [1.29, 1.82) is 0 Å². The van der Waals surface area contributed by atoms with Gasteiger partial charge in [-0.1, -0.05) is 36.3 Å². The maximum Gasteiger partial charge on any atom is 0.278 e. The number of anilines is 1. The molecule has 22 heavy (non-hydrogen) atoms. The Balaban J connectivity index is 2.13. The van der Waals surface area contributed by atoms with Crippen molar-refractivity contribution in [2.24, 2.45) is 0 Å². The Kier molecular flexibility index (Phi) is 5.53. The number of rotatable bonds is 5. The standard InChI is InChI=1S/C16H14BrN3O2/c1-2-8-20(22-11-12-6-4-3-5-7-12)16(21)13-9-14(17)19-15(18)10-13/h1,3-7,9-10H,8,11H2,(H2,18,19). The van der Waals surface area contributed by atoms with Crippen LogP contribution in [0.1, 0.15) is 15.9 Å². The number of benzene rings is 1. The van der Waals surface area contributed by atoms with E-state index >= 15 is 0 Å². The van der Waals surface area contributed by atoms with Crippen molar-refractivity contribution in [2.75, 3.05) is 12.3 Å². The minimum atomic E-state index is -0.372. The highest BCUT2D eigenvalue weighted by molar-refractivity contribution is 9.10. The first-order valence-corrected chi connectivity index (χ1v) is 7.24. The molecule has 6 heteroatoms. The smallest absolute Gasteiger partial charge is 0.278 e. The number of hydrogen-bond donors (Lipinski definition) is 1. The quantitative estimate of drug-likeness (QED) is 0.506. The van der Waals surface area contributed by atoms with Gasteiger partial charge < -0.3 is 5.73 Å². The van der Waals surface area contributed by atoms with Crippen LogP contribution in [0.3, 0.4) is 0 Å². The summed E-state index contributed by atoms with van der Waals surface area (Å²) in [7, 11) is 0. The van der Waals surface area contributed by atoms with E-state index in [4.69, 9.17) is 17.0 Å². The van der Waals surface area contributed by atoms with Gasteiger partial charge in [-0.05, 0) is 33.6 Å². The number of carbonyl (C=O) groups is 1. The third-order valence-electron chi connectivity index (χ3n) is 2.75. The van der Waals surface area contributed by atoms with Crippen LogP contribution >= 0.6 is 15.9 Å². The zero-order chi connectivity index (χ0) is 15.9. The van der Waals surface area contributed by atoms with Crippen molar-refractivity contribution in [3.63, 3.8) is 0 Å². The molecule has 1 heterocycles. The zero-order valence-corrected chi connectivity index (χ0v) is 13.3. The SMILES string of the molecule is C#CCN(OCc1ccccc1)C(=O)c1cc(N)nc(Br)c1. The number of nitrogens with two attached hydrogens (primary N) is 1. The Bertz CT molecular complexity index is 678. The Morgan fingerprint density at radius 2 is 2.09 bits per heavy atom. The number of pyridine rings is 1. The molecule has 0 aliphatic rings. The van der Waals surface area contributed by atoms with E-state index in [0.29, 0.717) is 10.2 Å². The number of hydroxylamine groups is 2. The summed E-state index contributed by atoms with van der Waals surface area (Å²) in [6, 6.07) is 12.5. The lowest BCUT2D eigenvalue weighted by atomic mass is 10.2. The minimum Gasteiger partial charge on any atom is -0.384 e. The second kappa shape index (κ2) is 7.59. The Labute approximate surface area is 137 Å². The highest BCUT2D eigenvalue weighted by atomic mass is 79.9. The van der Waals surface area contributed by atoms with Crippen molar-refractivity contribution in [3.8, 4) is 12.3 Å². The molecule has 112 valence electrons. The highest BCUT2D eigenvalue weighted by Gasteiger charge is 2.17. The van der Waals surface area contributed by atoms with Gasteiger partial charge in [0.1, 0.15) is 23.6 Å². The fourth-order valence-electron chi connectivity index (χ4n) is 1.77. The van der Waals surface area contributed by atoms with Crippen LogP contribution in [-0.2, 0) is 11.4 Å². The summed E-state index contributed by atoms with van der Waals surface area (Å²) < 4.78 is 0.472. The molecule has 1 aromatic carbocycles. The van der Waals surface area contributed by atoms with Crippen LogP contribution in [0.4, 0.5) is 5.82 Å². The topological polar surface area (TPSA) is 68.5 Å². The molecular weight excluding hydrogens is 346 g/mol. The van der Waals surface area contributed by atoms with E-state index in [1.165, 1.54) is 6.07 Å². The van der Waals surface area contributed by atoms with E-state index in [2.05, 4.69) is 26.8 Å². The maximum absolute atomic E-state index is 12.5. The van der Waals surface area contributed by atoms with Gasteiger partial charge in [-0.2, -0.15) is 0 Å². The van der Waals surface area contributed by atoms with Gasteiger partial charge in [-0.25, -0.2) is 10.0 Å². The predicted molar refractivity (Wildman–Crippen MR) is 87.4 cm³/mol. The third kappa shape index (κ3) is 4.32. The van der Waals surface area contributed by atoms with E-state index in [0.717, 1.165) is 10.6 Å². The zero-order valence-electron chi connectivity index (χ0n) is 11.7. The molecular formula is C16H14BrN3O2. The first-order valence-electron chi connectivity index (χ1n) is 6.45. The molecule has 0 bridgehead atoms. The van der Waals surface area contributed by atoms with Gasteiger partial charge in [-0.3, -0.25) is 9.63 Å². The summed E-state index contributed by atoms with van der Waals surface area (Å²) in [5.41, 5.74) is 6.93. The molecule has 2 rings (SSSR count). The summed E-state index contributed by atoms with van der Waals surface area (Å²) in [5.74, 6) is 2.27. The van der Waals surface area contributed by atoms with Crippen LogP contribution < -0.4 is 5.73 Å². The van der Waals surface area contributed by atoms with Crippen molar-refractivity contribution in [1.82, 2.24) is 10.0 Å². The number of halogens is 1. The lowest BCUT2D eigenvalue weighted by Gasteiger charge is -2.20. The second-order valence-electron chi connectivity index (χ2n) is 4.41. The van der Waals surface area contributed by atoms with E-state index in [-0.39, 0.29) is 24.9 Å². The lowest BCUT2D eigenvalue weighted by Crippen LogP contribution is -2.31. The van der Waals surface area contributed by atoms with Crippen LogP contribution in [0.5, 0.6) is 0 Å². The van der Waals surface area contributed by atoms with E-state index in [1.807, 2.05) is 30.3 Å². The molecule has 1 amide bonds. The van der Waals surface area contributed by atoms with Gasteiger partial charge in [0.05, 0.1) is 0 Å². The normalized spacial score (nSPS) is 10.0. The number of aromatic nitrogens is 1. The number of nitrogens with zero attached hydrogens (tertiary/aromatic N) is 2. The largest absolute Gasteiger partial charge is 0.384 e. The summed E-state index contributed by atoms with van der Waals surface area (Å²) in [5, 5.41) is 1.13. The number of nitrogen functional groups attached to an aromatic ring is 1. The van der Waals surface area contributed by atoms with Gasteiger partial charge in [0.2, 0.25) is 0 Å². The van der Waals surface area contributed by atoms with Gasteiger partial charge in [0, 0.05) is 5.56 Å². The maximum atomic E-state index is 12.5. The van der Waals surface area contributed by atoms with Crippen LogP contribution in [0, 0.1) is 12.3 Å². The Hall–Kier alpha value is -2.36. The molecule has 0 saturated carbocycles. The Morgan fingerprint density at radius 1 is 1.36 bits per heavy atom. The molecule has 0 fully saturated rings. The molecule has 0 atom stereocenters. The van der Waals surface area contributed by atoms with Crippen molar-refractivity contribution in [3.05, 3.63) is 58.2 Å². The molecule has 2 aromatic rings. The molecule has 1 aromatic heterocycles. The lowest BCUT2D eigenvalue weighted by molar-refractivity contribution is -0.125. The number of amides is 1. The van der Waals surface area contributed by atoms with Crippen molar-refractivity contribution in [2.45, 2.75) is 6.61 Å². The van der Waals surface area contributed by atoms with Gasteiger partial charge >= 0.3 is 0 Å². The fraction of sp³-hybridized carbons (Fsp3) is 0.125. The van der Waals surface area contributed by atoms with Crippen molar-refractivity contribution < 1.29 is 9.63 Å². The molecule has 0 aliphatic carbocycles. The van der Waals surface area contributed by atoms with E-state index in [1.54, 1.807) is 6.07 Å². The van der Waals surface area contributed by atoms with Crippen LogP contribution in [0.25, 0.3) is 0 Å². The molecule has 2 N–H and O–H groups in total. The molecule has 0 aliphatic heterocycles. The van der Waals surface area contributed by atoms with Crippen LogP contribution in [0.15, 0.2) is 47.1 Å². The summed E-state index contributed by atoms with van der Waals surface area (Å²) >= 11 is 3.20. The predicted octanol–water partition coefficient (Wildman–Crippen LogP) is 2.63. The van der Waals surface area contributed by atoms with E-state index < -0.39 is 0 Å². The van der Waals surface area contributed by atoms with Gasteiger partial charge in [0.25, 0.3) is 5.91 Å². The van der Waals surface area contributed by atoms with Gasteiger partial charge in [0.15, 0.2) is 0 Å².